The second-order valence-corrected chi connectivity index (χ2v) is 9.81. The number of aromatic nitrogens is 4. The van der Waals surface area contributed by atoms with E-state index in [2.05, 4.69) is 20.6 Å². The summed E-state index contributed by atoms with van der Waals surface area (Å²) in [5.74, 6) is 0.747. The predicted octanol–water partition coefficient (Wildman–Crippen LogP) is 4.59. The smallest absolute Gasteiger partial charge is 0.306 e. The highest BCUT2D eigenvalue weighted by molar-refractivity contribution is 7.79. The minimum atomic E-state index is -2.09. The van der Waals surface area contributed by atoms with Crippen LogP contribution in [-0.2, 0) is 11.1 Å². The Hall–Kier alpha value is -3.93. The van der Waals surface area contributed by atoms with Crippen molar-refractivity contribution >= 4 is 22.9 Å². The monoisotopic (exact) mass is 533 g/mol. The lowest BCUT2D eigenvalue weighted by molar-refractivity contribution is 0.478. The van der Waals surface area contributed by atoms with Crippen LogP contribution in [0.2, 0.25) is 0 Å². The maximum absolute atomic E-state index is 13.4. The number of nitrogens with one attached hydrogen (secondary N) is 2. The number of rotatable bonds is 5. The Bertz CT molecular complexity index is 1530. The Morgan fingerprint density at radius 1 is 1.13 bits per heavy atom. The summed E-state index contributed by atoms with van der Waals surface area (Å²) in [6.45, 7) is 3.86. The molecule has 1 aliphatic rings. The van der Waals surface area contributed by atoms with Crippen LogP contribution >= 0.6 is 0 Å². The molecule has 2 aromatic carbocycles. The molecule has 9 nitrogen and oxygen atoms in total. The standard InChI is InChI=1S/C20H19FN6O.C7H8O2S/c21-14-5-3-13(4-6-14)17-18(27-10-11-28-20(27)26-17)16-7-9-23-19(25-16)24-15-2-1-8-22-12-15;1-6-2-4-7(5-3-6)10(8)9/h3-7,9-11,15,22H,1-2,8,12H2,(H,23,24,25);2-5H,1H3,(H,8,9)/p-1/t15-;/m1./s1. The first-order chi connectivity index (χ1) is 18.5. The molecule has 2 N–H and O–H groups in total. The van der Waals surface area contributed by atoms with E-state index < -0.39 is 11.1 Å². The molecule has 1 saturated heterocycles. The molecule has 1 aliphatic heterocycles. The van der Waals surface area contributed by atoms with Gasteiger partial charge in [0.1, 0.15) is 23.5 Å². The highest BCUT2D eigenvalue weighted by Crippen LogP contribution is 2.32. The number of aryl methyl sites for hydroxylation is 1. The molecule has 6 rings (SSSR count). The topological polar surface area (TPSA) is 120 Å². The van der Waals surface area contributed by atoms with Gasteiger partial charge < -0.3 is 19.6 Å². The third-order valence-electron chi connectivity index (χ3n) is 6.12. The van der Waals surface area contributed by atoms with Crippen LogP contribution in [0, 0.1) is 12.7 Å². The molecule has 0 saturated carbocycles. The molecule has 0 bridgehead atoms. The fourth-order valence-corrected chi connectivity index (χ4v) is 4.56. The van der Waals surface area contributed by atoms with E-state index in [1.807, 2.05) is 17.4 Å². The molecular weight excluding hydrogens is 507 g/mol. The van der Waals surface area contributed by atoms with Crippen molar-refractivity contribution in [2.24, 2.45) is 0 Å². The van der Waals surface area contributed by atoms with Gasteiger partial charge in [-0.2, -0.15) is 4.98 Å². The highest BCUT2D eigenvalue weighted by Gasteiger charge is 2.20. The molecule has 1 fully saturated rings. The maximum atomic E-state index is 13.4. The quantitative estimate of drug-likeness (QED) is 0.315. The van der Waals surface area contributed by atoms with Crippen LogP contribution in [0.5, 0.6) is 0 Å². The largest absolute Gasteiger partial charge is 0.768 e. The van der Waals surface area contributed by atoms with Crippen molar-refractivity contribution in [3.05, 3.63) is 84.6 Å². The first kappa shape index (κ1) is 25.7. The van der Waals surface area contributed by atoms with Crippen molar-refractivity contribution in [3.8, 4) is 22.6 Å². The van der Waals surface area contributed by atoms with Crippen LogP contribution in [0.15, 0.2) is 82.6 Å². The predicted molar refractivity (Wildman–Crippen MR) is 142 cm³/mol. The number of oxazole rings is 1. The average molecular weight is 534 g/mol. The van der Waals surface area contributed by atoms with E-state index >= 15 is 0 Å². The number of hydrogen-bond donors (Lipinski definition) is 2. The van der Waals surface area contributed by atoms with E-state index in [0.29, 0.717) is 28.4 Å². The molecule has 0 aliphatic carbocycles. The minimum Gasteiger partial charge on any atom is -0.768 e. The van der Waals surface area contributed by atoms with Crippen LogP contribution in [0.3, 0.4) is 0 Å². The van der Waals surface area contributed by atoms with Crippen LogP contribution < -0.4 is 10.6 Å². The fraction of sp³-hybridized carbons (Fsp3) is 0.222. The highest BCUT2D eigenvalue weighted by atomic mass is 32.2. The van der Waals surface area contributed by atoms with Gasteiger partial charge in [0.2, 0.25) is 5.95 Å². The van der Waals surface area contributed by atoms with Gasteiger partial charge in [0.25, 0.3) is 0 Å². The van der Waals surface area contributed by atoms with Crippen molar-refractivity contribution in [1.29, 1.82) is 0 Å². The number of hydrogen-bond acceptors (Lipinski definition) is 8. The number of nitrogens with zero attached hydrogens (tertiary/aromatic N) is 4. The zero-order valence-electron chi connectivity index (χ0n) is 20.6. The van der Waals surface area contributed by atoms with Crippen molar-refractivity contribution in [2.75, 3.05) is 18.4 Å². The Morgan fingerprint density at radius 2 is 1.92 bits per heavy atom. The van der Waals surface area contributed by atoms with Gasteiger partial charge >= 0.3 is 5.84 Å². The molecule has 11 heteroatoms. The molecule has 0 spiro atoms. The van der Waals surface area contributed by atoms with E-state index in [4.69, 9.17) is 9.40 Å². The Labute approximate surface area is 221 Å². The van der Waals surface area contributed by atoms with Gasteiger partial charge in [-0.1, -0.05) is 17.7 Å². The normalized spacial score (nSPS) is 16.0. The Kier molecular flexibility index (Phi) is 7.87. The Balaban J connectivity index is 0.000000249. The molecule has 1 unspecified atom stereocenters. The van der Waals surface area contributed by atoms with Gasteiger partial charge in [0, 0.05) is 35.4 Å². The molecule has 2 atom stereocenters. The van der Waals surface area contributed by atoms with Crippen LogP contribution in [0.4, 0.5) is 10.3 Å². The molecular formula is C27H26FN6O3S-. The molecule has 196 valence electrons. The zero-order chi connectivity index (χ0) is 26.5. The van der Waals surface area contributed by atoms with Crippen LogP contribution in [0.25, 0.3) is 28.5 Å². The lowest BCUT2D eigenvalue weighted by Gasteiger charge is -2.23. The first-order valence-corrected chi connectivity index (χ1v) is 13.2. The second kappa shape index (κ2) is 11.6. The van der Waals surface area contributed by atoms with E-state index in [9.17, 15) is 13.2 Å². The van der Waals surface area contributed by atoms with Crippen LogP contribution in [0.1, 0.15) is 18.4 Å². The molecule has 0 radical (unpaired) electrons. The van der Waals surface area contributed by atoms with Gasteiger partial charge in [-0.05, 0) is 79.9 Å². The first-order valence-electron chi connectivity index (χ1n) is 12.2. The molecule has 4 heterocycles. The molecule has 0 amide bonds. The van der Waals surface area contributed by atoms with Gasteiger partial charge in [-0.25, -0.2) is 14.4 Å². The zero-order valence-corrected chi connectivity index (χ0v) is 21.5. The molecule has 38 heavy (non-hydrogen) atoms. The summed E-state index contributed by atoms with van der Waals surface area (Å²) in [6, 6.07) is 15.1. The number of fused-ring (bicyclic) bond motifs is 1. The summed E-state index contributed by atoms with van der Waals surface area (Å²) in [5.41, 5.74) is 4.04. The number of anilines is 1. The third-order valence-corrected chi connectivity index (χ3v) is 6.78. The maximum Gasteiger partial charge on any atom is 0.306 e. The minimum absolute atomic E-state index is 0.289. The van der Waals surface area contributed by atoms with Gasteiger partial charge in [-0.3, -0.25) is 8.61 Å². The van der Waals surface area contributed by atoms with Crippen molar-refractivity contribution in [2.45, 2.75) is 30.7 Å². The molecule has 5 aromatic rings. The van der Waals surface area contributed by atoms with Gasteiger partial charge in [0.15, 0.2) is 0 Å². The van der Waals surface area contributed by atoms with Gasteiger partial charge in [0.05, 0.1) is 5.69 Å². The fourth-order valence-electron chi connectivity index (χ4n) is 4.21. The number of benzene rings is 2. The van der Waals surface area contributed by atoms with E-state index in [0.717, 1.165) is 48.4 Å². The number of halogens is 1. The van der Waals surface area contributed by atoms with Crippen LogP contribution in [-0.4, -0.2) is 47.2 Å². The summed E-state index contributed by atoms with van der Waals surface area (Å²) in [4.78, 5) is 14.0. The van der Waals surface area contributed by atoms with Crippen molar-refractivity contribution in [1.82, 2.24) is 24.7 Å². The average Bonchev–Trinajstić information content (AvgIpc) is 3.52. The second-order valence-electron chi connectivity index (χ2n) is 8.87. The SMILES string of the molecule is Cc1ccc(S(=O)[O-])cc1.Fc1ccc(-c2nc3occn3c2-c2ccnc(N[C@@H]3CCCNC3)n2)cc1. The van der Waals surface area contributed by atoms with Crippen molar-refractivity contribution in [3.63, 3.8) is 0 Å². The summed E-state index contributed by atoms with van der Waals surface area (Å²) >= 11 is -2.09. The third kappa shape index (κ3) is 5.96. The lowest BCUT2D eigenvalue weighted by Crippen LogP contribution is -2.38. The van der Waals surface area contributed by atoms with E-state index in [-0.39, 0.29) is 5.82 Å². The summed E-state index contributed by atoms with van der Waals surface area (Å²) < 4.78 is 41.3. The summed E-state index contributed by atoms with van der Waals surface area (Å²) in [5, 5.41) is 6.78. The lowest BCUT2D eigenvalue weighted by atomic mass is 10.1. The Morgan fingerprint density at radius 3 is 2.63 bits per heavy atom. The van der Waals surface area contributed by atoms with Gasteiger partial charge in [-0.15, -0.1) is 0 Å². The van der Waals surface area contributed by atoms with E-state index in [1.165, 1.54) is 12.1 Å². The van der Waals surface area contributed by atoms with E-state index in [1.54, 1.807) is 55.1 Å². The van der Waals surface area contributed by atoms with Crippen molar-refractivity contribution < 1.29 is 17.6 Å². The summed E-state index contributed by atoms with van der Waals surface area (Å²) in [7, 11) is 0. The number of imidazole rings is 1. The molecule has 3 aromatic heterocycles. The summed E-state index contributed by atoms with van der Waals surface area (Å²) in [6.07, 6.45) is 7.32. The number of piperidine rings is 1.